The number of hydrogen-bond acceptors (Lipinski definition) is 4. The standard InChI is InChI=1S/C12H22N4O2/c1-4-5-9-10(13)11(16-15-9)12(18)14-8(3)7(2)6-17/h7-8,17H,4-6,13H2,1-3H3,(H,14,18)(H,15,16). The lowest BCUT2D eigenvalue weighted by atomic mass is 10.1. The van der Waals surface area contributed by atoms with E-state index in [1.807, 2.05) is 20.8 Å². The minimum atomic E-state index is -0.307. The van der Waals surface area contributed by atoms with Crippen molar-refractivity contribution in [1.82, 2.24) is 15.5 Å². The number of aryl methyl sites for hydroxylation is 1. The molecule has 1 aromatic rings. The van der Waals surface area contributed by atoms with Gasteiger partial charge < -0.3 is 16.2 Å². The SMILES string of the molecule is CCCc1[nH]nc(C(=O)NC(C)C(C)CO)c1N. The molecule has 1 amide bonds. The van der Waals surface area contributed by atoms with Gasteiger partial charge in [-0.3, -0.25) is 9.89 Å². The van der Waals surface area contributed by atoms with Gasteiger partial charge in [-0.1, -0.05) is 20.3 Å². The molecule has 0 radical (unpaired) electrons. The van der Waals surface area contributed by atoms with Crippen LogP contribution >= 0.6 is 0 Å². The molecule has 5 N–H and O–H groups in total. The van der Waals surface area contributed by atoms with E-state index in [9.17, 15) is 4.79 Å². The first-order valence-electron chi connectivity index (χ1n) is 6.25. The summed E-state index contributed by atoms with van der Waals surface area (Å²) in [5.74, 6) is -0.317. The number of aliphatic hydroxyl groups is 1. The van der Waals surface area contributed by atoms with Crippen molar-refractivity contribution in [1.29, 1.82) is 0 Å². The van der Waals surface area contributed by atoms with Crippen LogP contribution in [-0.4, -0.2) is 33.9 Å². The van der Waals surface area contributed by atoms with Crippen LogP contribution in [0.3, 0.4) is 0 Å². The summed E-state index contributed by atoms with van der Waals surface area (Å²) < 4.78 is 0. The van der Waals surface area contributed by atoms with Gasteiger partial charge in [-0.25, -0.2) is 0 Å². The number of H-pyrrole nitrogens is 1. The lowest BCUT2D eigenvalue weighted by Gasteiger charge is -2.18. The first-order valence-corrected chi connectivity index (χ1v) is 6.25. The minimum absolute atomic E-state index is 0.00997. The van der Waals surface area contributed by atoms with Gasteiger partial charge in [0.2, 0.25) is 0 Å². The van der Waals surface area contributed by atoms with Crippen molar-refractivity contribution in [2.45, 2.75) is 39.7 Å². The Kier molecular flexibility index (Phi) is 5.15. The lowest BCUT2D eigenvalue weighted by Crippen LogP contribution is -2.38. The van der Waals surface area contributed by atoms with E-state index in [1.165, 1.54) is 0 Å². The number of nitrogens with zero attached hydrogens (tertiary/aromatic N) is 1. The van der Waals surface area contributed by atoms with Gasteiger partial charge in [0.05, 0.1) is 11.4 Å². The second-order valence-corrected chi connectivity index (χ2v) is 4.64. The Morgan fingerprint density at radius 3 is 2.78 bits per heavy atom. The number of anilines is 1. The molecule has 0 aliphatic carbocycles. The Morgan fingerprint density at radius 1 is 1.56 bits per heavy atom. The third-order valence-corrected chi connectivity index (χ3v) is 3.10. The summed E-state index contributed by atoms with van der Waals surface area (Å²) in [6.07, 6.45) is 1.71. The van der Waals surface area contributed by atoms with Crippen LogP contribution in [0, 0.1) is 5.92 Å². The van der Waals surface area contributed by atoms with Crippen LogP contribution in [0.2, 0.25) is 0 Å². The topological polar surface area (TPSA) is 104 Å². The molecular formula is C12H22N4O2. The van der Waals surface area contributed by atoms with E-state index in [0.717, 1.165) is 18.5 Å². The Balaban J connectivity index is 2.73. The molecule has 6 nitrogen and oxygen atoms in total. The van der Waals surface area contributed by atoms with E-state index < -0.39 is 0 Å². The Labute approximate surface area is 107 Å². The highest BCUT2D eigenvalue weighted by Gasteiger charge is 2.20. The van der Waals surface area contributed by atoms with Crippen molar-refractivity contribution < 1.29 is 9.90 Å². The van der Waals surface area contributed by atoms with Crippen LogP contribution in [0.1, 0.15) is 43.4 Å². The summed E-state index contributed by atoms with van der Waals surface area (Å²) in [7, 11) is 0. The van der Waals surface area contributed by atoms with Crippen LogP contribution < -0.4 is 11.1 Å². The number of aliphatic hydroxyl groups excluding tert-OH is 1. The first kappa shape index (κ1) is 14.5. The van der Waals surface area contributed by atoms with Gasteiger partial charge in [-0.15, -0.1) is 0 Å². The van der Waals surface area contributed by atoms with Crippen LogP contribution in [-0.2, 0) is 6.42 Å². The van der Waals surface area contributed by atoms with Gasteiger partial charge in [0, 0.05) is 12.6 Å². The van der Waals surface area contributed by atoms with Crippen molar-refractivity contribution in [3.05, 3.63) is 11.4 Å². The van der Waals surface area contributed by atoms with E-state index in [0.29, 0.717) is 5.69 Å². The molecule has 18 heavy (non-hydrogen) atoms. The van der Waals surface area contributed by atoms with Crippen LogP contribution in [0.15, 0.2) is 0 Å². The Morgan fingerprint density at radius 2 is 2.22 bits per heavy atom. The lowest BCUT2D eigenvalue weighted by molar-refractivity contribution is 0.0912. The number of rotatable bonds is 6. The number of nitrogen functional groups attached to an aromatic ring is 1. The van der Waals surface area contributed by atoms with Gasteiger partial charge in [0.15, 0.2) is 5.69 Å². The summed E-state index contributed by atoms with van der Waals surface area (Å²) in [4.78, 5) is 12.0. The summed E-state index contributed by atoms with van der Waals surface area (Å²) in [5.41, 5.74) is 7.31. The molecule has 0 aromatic carbocycles. The molecule has 0 fully saturated rings. The molecule has 1 rings (SSSR count). The number of carbonyl (C=O) groups excluding carboxylic acids is 1. The van der Waals surface area contributed by atoms with Crippen LogP contribution in [0.5, 0.6) is 0 Å². The van der Waals surface area contributed by atoms with E-state index in [-0.39, 0.29) is 30.2 Å². The molecule has 102 valence electrons. The quantitative estimate of drug-likeness (QED) is 0.599. The average Bonchev–Trinajstić information content (AvgIpc) is 2.70. The van der Waals surface area contributed by atoms with Crippen molar-refractivity contribution in [3.63, 3.8) is 0 Å². The molecule has 0 bridgehead atoms. The molecule has 0 spiro atoms. The third-order valence-electron chi connectivity index (χ3n) is 3.10. The minimum Gasteiger partial charge on any atom is -0.396 e. The van der Waals surface area contributed by atoms with Gasteiger partial charge in [0.25, 0.3) is 5.91 Å². The fourth-order valence-electron chi connectivity index (χ4n) is 1.58. The molecule has 0 saturated carbocycles. The number of aromatic amines is 1. The number of nitrogens with two attached hydrogens (primary N) is 1. The number of hydrogen-bond donors (Lipinski definition) is 4. The van der Waals surface area contributed by atoms with E-state index >= 15 is 0 Å². The van der Waals surface area contributed by atoms with Crippen molar-refractivity contribution in [2.24, 2.45) is 5.92 Å². The van der Waals surface area contributed by atoms with Crippen molar-refractivity contribution in [2.75, 3.05) is 12.3 Å². The first-order chi connectivity index (χ1) is 8.51. The normalized spacial score (nSPS) is 14.2. The molecule has 1 heterocycles. The highest BCUT2D eigenvalue weighted by molar-refractivity contribution is 5.97. The summed E-state index contributed by atoms with van der Waals surface area (Å²) >= 11 is 0. The summed E-state index contributed by atoms with van der Waals surface area (Å²) in [5, 5.41) is 18.5. The number of carbonyl (C=O) groups is 1. The highest BCUT2D eigenvalue weighted by atomic mass is 16.3. The van der Waals surface area contributed by atoms with Crippen molar-refractivity contribution in [3.8, 4) is 0 Å². The predicted molar refractivity (Wildman–Crippen MR) is 70.2 cm³/mol. The summed E-state index contributed by atoms with van der Waals surface area (Å²) in [6.45, 7) is 5.76. The molecule has 1 aromatic heterocycles. The molecule has 6 heteroatoms. The zero-order chi connectivity index (χ0) is 13.7. The van der Waals surface area contributed by atoms with Gasteiger partial charge in [0.1, 0.15) is 0 Å². The predicted octanol–water partition coefficient (Wildman–Crippen LogP) is 0.691. The van der Waals surface area contributed by atoms with Gasteiger partial charge in [-0.05, 0) is 19.3 Å². The Hall–Kier alpha value is -1.56. The smallest absolute Gasteiger partial charge is 0.274 e. The maximum atomic E-state index is 12.0. The monoisotopic (exact) mass is 254 g/mol. The highest BCUT2D eigenvalue weighted by Crippen LogP contribution is 2.16. The maximum Gasteiger partial charge on any atom is 0.274 e. The van der Waals surface area contributed by atoms with E-state index in [4.69, 9.17) is 10.8 Å². The van der Waals surface area contributed by atoms with Crippen LogP contribution in [0.25, 0.3) is 0 Å². The largest absolute Gasteiger partial charge is 0.396 e. The van der Waals surface area contributed by atoms with Crippen molar-refractivity contribution >= 4 is 11.6 Å². The molecular weight excluding hydrogens is 232 g/mol. The zero-order valence-corrected chi connectivity index (χ0v) is 11.2. The number of amides is 1. The fraction of sp³-hybridized carbons (Fsp3) is 0.667. The Bertz CT molecular complexity index is 403. The van der Waals surface area contributed by atoms with E-state index in [2.05, 4.69) is 15.5 Å². The molecule has 0 aliphatic heterocycles. The molecule has 2 unspecified atom stereocenters. The maximum absolute atomic E-state index is 12.0. The van der Waals surface area contributed by atoms with Gasteiger partial charge in [-0.2, -0.15) is 5.10 Å². The second-order valence-electron chi connectivity index (χ2n) is 4.64. The summed E-state index contributed by atoms with van der Waals surface area (Å²) in [6, 6.07) is -0.131. The molecule has 0 aliphatic rings. The third kappa shape index (κ3) is 3.22. The molecule has 0 saturated heterocycles. The fourth-order valence-corrected chi connectivity index (χ4v) is 1.58. The number of nitrogens with one attached hydrogen (secondary N) is 2. The van der Waals surface area contributed by atoms with E-state index in [1.54, 1.807) is 0 Å². The zero-order valence-electron chi connectivity index (χ0n) is 11.2. The molecule has 2 atom stereocenters. The average molecular weight is 254 g/mol. The van der Waals surface area contributed by atoms with Crippen LogP contribution in [0.4, 0.5) is 5.69 Å². The second kappa shape index (κ2) is 6.39. The number of aromatic nitrogens is 2. The van der Waals surface area contributed by atoms with Gasteiger partial charge >= 0.3 is 0 Å².